The van der Waals surface area contributed by atoms with Crippen molar-refractivity contribution in [2.45, 2.75) is 25.9 Å². The average Bonchev–Trinajstić information content (AvgIpc) is 2.84. The fourth-order valence-corrected chi connectivity index (χ4v) is 5.16. The third kappa shape index (κ3) is 8.21. The summed E-state index contributed by atoms with van der Waals surface area (Å²) in [4.78, 5) is 28.5. The Hall–Kier alpha value is -3.07. The summed E-state index contributed by atoms with van der Waals surface area (Å²) in [6.07, 6.45) is 1.27. The normalized spacial score (nSPS) is 12.0. The number of hydrogen-bond acceptors (Lipinski definition) is 4. The van der Waals surface area contributed by atoms with E-state index < -0.39 is 28.5 Å². The molecule has 37 heavy (non-hydrogen) atoms. The molecule has 0 saturated heterocycles. The predicted octanol–water partition coefficient (Wildman–Crippen LogP) is 4.54. The first-order valence-corrected chi connectivity index (χ1v) is 14.3. The Morgan fingerprint density at radius 1 is 0.892 bits per heavy atom. The van der Waals surface area contributed by atoms with Crippen molar-refractivity contribution >= 4 is 50.7 Å². The van der Waals surface area contributed by atoms with Crippen LogP contribution in [0.25, 0.3) is 0 Å². The van der Waals surface area contributed by atoms with Gasteiger partial charge in [-0.2, -0.15) is 0 Å². The van der Waals surface area contributed by atoms with E-state index in [0.717, 1.165) is 16.1 Å². The second kappa shape index (κ2) is 12.9. The number of benzene rings is 3. The zero-order valence-corrected chi connectivity index (χ0v) is 22.9. The van der Waals surface area contributed by atoms with E-state index >= 15 is 0 Å². The highest BCUT2D eigenvalue weighted by Gasteiger charge is 2.32. The van der Waals surface area contributed by atoms with Crippen molar-refractivity contribution in [2.24, 2.45) is 0 Å². The topological polar surface area (TPSA) is 86.8 Å². The molecule has 196 valence electrons. The summed E-state index contributed by atoms with van der Waals surface area (Å²) >= 11 is 12.3. The van der Waals surface area contributed by atoms with Gasteiger partial charge in [0.05, 0.1) is 11.9 Å². The first kappa shape index (κ1) is 28.5. The van der Waals surface area contributed by atoms with Crippen LogP contribution in [0.4, 0.5) is 5.69 Å². The number of nitrogens with zero attached hydrogens (tertiary/aromatic N) is 2. The number of sulfonamides is 1. The van der Waals surface area contributed by atoms with Gasteiger partial charge >= 0.3 is 0 Å². The Kier molecular flexibility index (Phi) is 9.97. The number of anilines is 1. The van der Waals surface area contributed by atoms with Crippen LogP contribution in [0.15, 0.2) is 78.9 Å². The molecule has 7 nitrogen and oxygen atoms in total. The summed E-state index contributed by atoms with van der Waals surface area (Å²) < 4.78 is 26.4. The van der Waals surface area contributed by atoms with E-state index in [9.17, 15) is 18.0 Å². The zero-order valence-electron chi connectivity index (χ0n) is 20.6. The number of rotatable bonds is 11. The molecular formula is C27H29Cl2N3O4S. The molecule has 0 unspecified atom stereocenters. The summed E-state index contributed by atoms with van der Waals surface area (Å²) in [5.74, 6) is -0.882. The van der Waals surface area contributed by atoms with Crippen molar-refractivity contribution in [3.63, 3.8) is 0 Å². The van der Waals surface area contributed by atoms with Crippen LogP contribution in [-0.2, 0) is 32.6 Å². The van der Waals surface area contributed by atoms with Gasteiger partial charge in [-0.15, -0.1) is 0 Å². The Morgan fingerprint density at radius 2 is 1.51 bits per heavy atom. The van der Waals surface area contributed by atoms with E-state index in [-0.39, 0.29) is 24.6 Å². The van der Waals surface area contributed by atoms with Gasteiger partial charge in [0.25, 0.3) is 0 Å². The molecule has 2 amide bonds. The van der Waals surface area contributed by atoms with Crippen LogP contribution >= 0.6 is 23.2 Å². The number of halogens is 2. The van der Waals surface area contributed by atoms with Gasteiger partial charge in [0, 0.05) is 29.6 Å². The maximum Gasteiger partial charge on any atom is 0.244 e. The summed E-state index contributed by atoms with van der Waals surface area (Å²) in [5.41, 5.74) is 1.82. The molecule has 0 aliphatic heterocycles. The molecule has 0 spiro atoms. The molecule has 3 aromatic carbocycles. The van der Waals surface area contributed by atoms with Crippen molar-refractivity contribution < 1.29 is 18.0 Å². The summed E-state index contributed by atoms with van der Waals surface area (Å²) in [6, 6.07) is 21.7. The van der Waals surface area contributed by atoms with E-state index in [4.69, 9.17) is 23.2 Å². The van der Waals surface area contributed by atoms with Gasteiger partial charge < -0.3 is 10.2 Å². The first-order chi connectivity index (χ1) is 17.6. The molecule has 10 heteroatoms. The summed E-state index contributed by atoms with van der Waals surface area (Å²) in [6.45, 7) is 1.72. The van der Waals surface area contributed by atoms with E-state index in [1.165, 1.54) is 11.0 Å². The van der Waals surface area contributed by atoms with Gasteiger partial charge in [0.15, 0.2) is 0 Å². The van der Waals surface area contributed by atoms with E-state index in [1.807, 2.05) is 30.3 Å². The van der Waals surface area contributed by atoms with Crippen molar-refractivity contribution in [1.29, 1.82) is 0 Å². The summed E-state index contributed by atoms with van der Waals surface area (Å²) in [7, 11) is -3.85. The van der Waals surface area contributed by atoms with Crippen LogP contribution in [0.1, 0.15) is 18.1 Å². The lowest BCUT2D eigenvalue weighted by atomic mass is 10.0. The second-order valence-electron chi connectivity index (χ2n) is 8.50. The molecule has 3 rings (SSSR count). The molecule has 0 aliphatic carbocycles. The van der Waals surface area contributed by atoms with Crippen molar-refractivity contribution in [2.75, 3.05) is 23.7 Å². The Balaban J connectivity index is 2.04. The van der Waals surface area contributed by atoms with E-state index in [2.05, 4.69) is 5.32 Å². The van der Waals surface area contributed by atoms with Crippen molar-refractivity contribution in [3.05, 3.63) is 100 Å². The number of carbonyl (C=O) groups excluding carboxylic acids is 2. The molecule has 0 aromatic heterocycles. The lowest BCUT2D eigenvalue weighted by Crippen LogP contribution is -2.53. The monoisotopic (exact) mass is 561 g/mol. The van der Waals surface area contributed by atoms with E-state index in [1.54, 1.807) is 49.4 Å². The van der Waals surface area contributed by atoms with Gasteiger partial charge in [-0.3, -0.25) is 13.9 Å². The third-order valence-corrected chi connectivity index (χ3v) is 7.25. The highest BCUT2D eigenvalue weighted by molar-refractivity contribution is 7.92. The molecular weight excluding hydrogens is 533 g/mol. The van der Waals surface area contributed by atoms with Crippen molar-refractivity contribution in [1.82, 2.24) is 10.2 Å². The lowest BCUT2D eigenvalue weighted by molar-refractivity contribution is -0.140. The molecule has 0 radical (unpaired) electrons. The molecule has 3 aromatic rings. The lowest BCUT2D eigenvalue weighted by Gasteiger charge is -2.33. The minimum absolute atomic E-state index is 0.0567. The molecule has 0 heterocycles. The molecule has 0 saturated carbocycles. The quantitative estimate of drug-likeness (QED) is 0.372. The zero-order chi connectivity index (χ0) is 27.0. The molecule has 1 atom stereocenters. The number of likely N-dealkylation sites (N-methyl/N-ethyl adjacent to an activating group) is 1. The largest absolute Gasteiger partial charge is 0.355 e. The predicted molar refractivity (Wildman–Crippen MR) is 148 cm³/mol. The van der Waals surface area contributed by atoms with Gasteiger partial charge in [-0.1, -0.05) is 71.7 Å². The Bertz CT molecular complexity index is 1340. The number of amides is 2. The molecule has 0 aliphatic rings. The van der Waals surface area contributed by atoms with Crippen LogP contribution in [0, 0.1) is 0 Å². The van der Waals surface area contributed by atoms with Crippen LogP contribution in [0.3, 0.4) is 0 Å². The molecule has 1 N–H and O–H groups in total. The average molecular weight is 563 g/mol. The number of nitrogens with one attached hydrogen (secondary N) is 1. The fourth-order valence-electron chi connectivity index (χ4n) is 3.92. The van der Waals surface area contributed by atoms with Crippen LogP contribution in [0.2, 0.25) is 10.0 Å². The minimum atomic E-state index is -3.85. The minimum Gasteiger partial charge on any atom is -0.355 e. The Labute approximate surface area is 228 Å². The summed E-state index contributed by atoms with van der Waals surface area (Å²) in [5, 5.41) is 3.63. The smallest absolute Gasteiger partial charge is 0.244 e. The van der Waals surface area contributed by atoms with Crippen molar-refractivity contribution in [3.8, 4) is 0 Å². The highest BCUT2D eigenvalue weighted by atomic mass is 35.5. The standard InChI is InChI=1S/C27H29Cl2N3O4S/c1-3-30-27(34)25(16-20-9-5-4-6-10-20)31(18-21-11-7-12-22(28)15-21)26(33)19-32(37(2,35)36)24-14-8-13-23(29)17-24/h4-15,17,25H,3,16,18-19H2,1-2H3,(H,30,34)/t25-/m1/s1. The van der Waals surface area contributed by atoms with E-state index in [0.29, 0.717) is 22.2 Å². The number of hydrogen-bond donors (Lipinski definition) is 1. The SMILES string of the molecule is CCNC(=O)[C@@H](Cc1ccccc1)N(Cc1cccc(Cl)c1)C(=O)CN(c1cccc(Cl)c1)S(C)(=O)=O. The second-order valence-corrected chi connectivity index (χ2v) is 11.3. The van der Waals surface area contributed by atoms with Gasteiger partial charge in [-0.25, -0.2) is 8.42 Å². The number of carbonyl (C=O) groups is 2. The maximum absolute atomic E-state index is 13.9. The molecule has 0 bridgehead atoms. The van der Waals surface area contributed by atoms with Gasteiger partial charge in [-0.05, 0) is 48.4 Å². The fraction of sp³-hybridized carbons (Fsp3) is 0.259. The van der Waals surface area contributed by atoms with Crippen LogP contribution in [0.5, 0.6) is 0 Å². The van der Waals surface area contributed by atoms with Crippen LogP contribution in [-0.4, -0.2) is 50.5 Å². The third-order valence-electron chi connectivity index (χ3n) is 5.64. The van der Waals surface area contributed by atoms with Crippen LogP contribution < -0.4 is 9.62 Å². The van der Waals surface area contributed by atoms with Gasteiger partial charge in [0.1, 0.15) is 12.6 Å². The first-order valence-electron chi connectivity index (χ1n) is 11.7. The Morgan fingerprint density at radius 3 is 2.11 bits per heavy atom. The molecule has 0 fully saturated rings. The maximum atomic E-state index is 13.9. The van der Waals surface area contributed by atoms with Gasteiger partial charge in [0.2, 0.25) is 21.8 Å². The highest BCUT2D eigenvalue weighted by Crippen LogP contribution is 2.23.